The second-order valence-corrected chi connectivity index (χ2v) is 7.37. The molecule has 30 heavy (non-hydrogen) atoms. The maximum absolute atomic E-state index is 13.6. The largest absolute Gasteiger partial charge is 0.455 e. The summed E-state index contributed by atoms with van der Waals surface area (Å²) >= 11 is 0. The zero-order chi connectivity index (χ0) is 22.2. The van der Waals surface area contributed by atoms with Crippen LogP contribution in [0, 0.1) is 16.5 Å². The molecule has 2 aliphatic heterocycles. The number of halogens is 5. The number of fused-ring (bicyclic) bond motifs is 1. The van der Waals surface area contributed by atoms with Crippen LogP contribution in [0.15, 0.2) is 29.3 Å². The van der Waals surface area contributed by atoms with Gasteiger partial charge in [0, 0.05) is 45.4 Å². The van der Waals surface area contributed by atoms with Gasteiger partial charge in [-0.1, -0.05) is 6.07 Å². The molecule has 2 heterocycles. The van der Waals surface area contributed by atoms with Crippen molar-refractivity contribution in [3.05, 3.63) is 51.5 Å². The van der Waals surface area contributed by atoms with Gasteiger partial charge >= 0.3 is 6.18 Å². The van der Waals surface area contributed by atoms with Gasteiger partial charge < -0.3 is 10.6 Å². The van der Waals surface area contributed by atoms with Crippen LogP contribution in [0.5, 0.6) is 0 Å². The highest BCUT2D eigenvalue weighted by Crippen LogP contribution is 2.36. The first-order valence-electron chi connectivity index (χ1n) is 9.22. The Bertz CT molecular complexity index is 928. The quantitative estimate of drug-likeness (QED) is 0.567. The Kier molecular flexibility index (Phi) is 5.91. The summed E-state index contributed by atoms with van der Waals surface area (Å²) in [6, 6.07) is -1.34. The number of amides is 2. The lowest BCUT2D eigenvalue weighted by Gasteiger charge is -2.34. The van der Waals surface area contributed by atoms with Crippen LogP contribution in [-0.4, -0.2) is 40.9 Å². The van der Waals surface area contributed by atoms with Crippen LogP contribution in [-0.2, 0) is 16.1 Å². The number of alkyl halides is 3. The Morgan fingerprint density at radius 3 is 2.60 bits per heavy atom. The maximum Gasteiger partial charge on any atom is 0.455 e. The van der Waals surface area contributed by atoms with Gasteiger partial charge in [0.2, 0.25) is 17.9 Å². The highest BCUT2D eigenvalue weighted by molar-refractivity contribution is 6.00. The molecule has 2 aliphatic rings. The SMILES string of the molecule is CC1=C(CC(=O)NCc2ccc(F)cc2F)C(=O)NC2CCC(C(F)(F)F)[N+](=O)C12. The summed E-state index contributed by atoms with van der Waals surface area (Å²) in [5, 5.41) is 4.88. The van der Waals surface area contributed by atoms with Gasteiger partial charge in [0.25, 0.3) is 6.04 Å². The van der Waals surface area contributed by atoms with E-state index in [1.807, 2.05) is 0 Å². The Morgan fingerprint density at radius 1 is 1.27 bits per heavy atom. The number of nitroso groups, excluding NO2 is 1. The summed E-state index contributed by atoms with van der Waals surface area (Å²) in [7, 11) is 0. The maximum atomic E-state index is 13.6. The summed E-state index contributed by atoms with van der Waals surface area (Å²) in [6.07, 6.45) is -5.64. The predicted octanol–water partition coefficient (Wildman–Crippen LogP) is 2.66. The normalized spacial score (nSPS) is 24.4. The first-order chi connectivity index (χ1) is 14.0. The van der Waals surface area contributed by atoms with Crippen molar-refractivity contribution in [3.63, 3.8) is 0 Å². The number of hydrogen-bond acceptors (Lipinski definition) is 3. The van der Waals surface area contributed by atoms with E-state index in [0.29, 0.717) is 6.07 Å². The molecule has 3 unspecified atom stereocenters. The molecule has 2 amide bonds. The number of hydrogen-bond donors (Lipinski definition) is 2. The molecule has 11 heteroatoms. The van der Waals surface area contributed by atoms with Gasteiger partial charge in [0.1, 0.15) is 11.6 Å². The van der Waals surface area contributed by atoms with Crippen molar-refractivity contribution < 1.29 is 36.3 Å². The Balaban J connectivity index is 1.74. The van der Waals surface area contributed by atoms with Crippen LogP contribution in [0.25, 0.3) is 0 Å². The van der Waals surface area contributed by atoms with E-state index in [0.717, 1.165) is 12.1 Å². The second kappa shape index (κ2) is 8.11. The smallest absolute Gasteiger partial charge is 0.352 e. The zero-order valence-corrected chi connectivity index (χ0v) is 15.9. The monoisotopic (exact) mass is 432 g/mol. The van der Waals surface area contributed by atoms with Crippen molar-refractivity contribution in [3.8, 4) is 0 Å². The van der Waals surface area contributed by atoms with E-state index >= 15 is 0 Å². The minimum absolute atomic E-state index is 0.0139. The zero-order valence-electron chi connectivity index (χ0n) is 15.9. The number of nitrogens with one attached hydrogen (secondary N) is 2. The molecule has 1 saturated heterocycles. The topological polar surface area (TPSA) is 78.3 Å². The molecule has 162 valence electrons. The number of carbonyl (C=O) groups is 2. The molecule has 0 saturated carbocycles. The second-order valence-electron chi connectivity index (χ2n) is 7.37. The van der Waals surface area contributed by atoms with E-state index in [9.17, 15) is 36.4 Å². The first kappa shape index (κ1) is 21.8. The van der Waals surface area contributed by atoms with E-state index < -0.39 is 60.6 Å². The van der Waals surface area contributed by atoms with Crippen LogP contribution in [0.2, 0.25) is 0 Å². The van der Waals surface area contributed by atoms with Crippen LogP contribution >= 0.6 is 0 Å². The molecule has 0 radical (unpaired) electrons. The van der Waals surface area contributed by atoms with E-state index in [4.69, 9.17) is 0 Å². The summed E-state index contributed by atoms with van der Waals surface area (Å²) < 4.78 is 65.9. The molecule has 6 nitrogen and oxygen atoms in total. The van der Waals surface area contributed by atoms with E-state index in [-0.39, 0.29) is 34.4 Å². The Hall–Kier alpha value is -2.85. The summed E-state index contributed by atoms with van der Waals surface area (Å²) in [5.41, 5.74) is 0.0301. The molecule has 3 rings (SSSR count). The minimum Gasteiger partial charge on any atom is -0.352 e. The van der Waals surface area contributed by atoms with Crippen LogP contribution in [0.1, 0.15) is 31.7 Å². The molecular formula is C19H19F5N3O3+. The first-order valence-corrected chi connectivity index (χ1v) is 9.22. The highest BCUT2D eigenvalue weighted by atomic mass is 19.4. The summed E-state index contributed by atoms with van der Waals surface area (Å²) in [6.45, 7) is 1.09. The number of benzene rings is 1. The van der Waals surface area contributed by atoms with Gasteiger partial charge in [-0.05, 0) is 19.4 Å². The van der Waals surface area contributed by atoms with Crippen molar-refractivity contribution in [1.82, 2.24) is 10.6 Å². The summed E-state index contributed by atoms with van der Waals surface area (Å²) in [5.74, 6) is -2.95. The molecule has 0 bridgehead atoms. The molecule has 0 aliphatic carbocycles. The number of rotatable bonds is 4. The highest BCUT2D eigenvalue weighted by Gasteiger charge is 2.59. The lowest BCUT2D eigenvalue weighted by Crippen LogP contribution is -2.60. The fourth-order valence-electron chi connectivity index (χ4n) is 3.86. The molecule has 1 aromatic carbocycles. The minimum atomic E-state index is -4.70. The van der Waals surface area contributed by atoms with Crippen molar-refractivity contribution in [2.45, 2.75) is 57.0 Å². The Labute approximate surface area is 168 Å². The van der Waals surface area contributed by atoms with Crippen molar-refractivity contribution in [2.24, 2.45) is 0 Å². The molecule has 1 aromatic rings. The fraction of sp³-hybridized carbons (Fsp3) is 0.474. The third kappa shape index (κ3) is 4.34. The lowest BCUT2D eigenvalue weighted by atomic mass is 9.83. The van der Waals surface area contributed by atoms with Gasteiger partial charge in [-0.2, -0.15) is 13.2 Å². The number of piperidine rings is 1. The van der Waals surface area contributed by atoms with Crippen LogP contribution in [0.4, 0.5) is 22.0 Å². The fourth-order valence-corrected chi connectivity index (χ4v) is 3.86. The average molecular weight is 432 g/mol. The Morgan fingerprint density at radius 2 is 1.97 bits per heavy atom. The van der Waals surface area contributed by atoms with Crippen molar-refractivity contribution in [2.75, 3.05) is 0 Å². The van der Waals surface area contributed by atoms with Crippen molar-refractivity contribution >= 4 is 11.8 Å². The summed E-state index contributed by atoms with van der Waals surface area (Å²) in [4.78, 5) is 36.9. The van der Waals surface area contributed by atoms with E-state index in [1.165, 1.54) is 6.92 Å². The molecule has 3 atom stereocenters. The van der Waals surface area contributed by atoms with Gasteiger partial charge in [0.05, 0.1) is 12.5 Å². The lowest BCUT2D eigenvalue weighted by molar-refractivity contribution is -0.653. The molecular weight excluding hydrogens is 413 g/mol. The van der Waals surface area contributed by atoms with Gasteiger partial charge in [-0.15, -0.1) is 0 Å². The van der Waals surface area contributed by atoms with Crippen LogP contribution < -0.4 is 10.6 Å². The van der Waals surface area contributed by atoms with Gasteiger partial charge in [-0.3, -0.25) is 9.59 Å². The van der Waals surface area contributed by atoms with Gasteiger partial charge in [0.15, 0.2) is 0 Å². The molecule has 0 spiro atoms. The third-order valence-electron chi connectivity index (χ3n) is 5.43. The van der Waals surface area contributed by atoms with Crippen LogP contribution in [0.3, 0.4) is 0 Å². The predicted molar refractivity (Wildman–Crippen MR) is 93.9 cm³/mol. The van der Waals surface area contributed by atoms with Crippen molar-refractivity contribution in [1.29, 1.82) is 0 Å². The molecule has 2 N–H and O–H groups in total. The standard InChI is InChI=1S/C19H18F5N3O3/c1-9-12(7-16(28)25-8-10-2-3-11(20)6-13(10)21)18(29)26-14-4-5-15(19(22,23)24)27(30)17(9)14/h2-3,6,14-15,17H,4-5,7-8H2,1H3,(H-,25,26,28,29)/p+1. The van der Waals surface area contributed by atoms with E-state index in [2.05, 4.69) is 10.6 Å². The molecule has 0 aromatic heterocycles. The van der Waals surface area contributed by atoms with Gasteiger partial charge in [-0.25, -0.2) is 8.78 Å². The number of carbonyl (C=O) groups excluding carboxylic acids is 2. The number of nitrogens with zero attached hydrogens (tertiary/aromatic N) is 1. The van der Waals surface area contributed by atoms with E-state index in [1.54, 1.807) is 0 Å². The molecule has 1 fully saturated rings. The third-order valence-corrected chi connectivity index (χ3v) is 5.43. The average Bonchev–Trinajstić information content (AvgIpc) is 2.63.